The Balaban J connectivity index is 4.09. The third kappa shape index (κ3) is 38.6. The lowest BCUT2D eigenvalue weighted by molar-refractivity contribution is -0.161. The Morgan fingerprint density at radius 2 is 0.920 bits per heavy atom. The van der Waals surface area contributed by atoms with Crippen molar-refractivity contribution in [2.75, 3.05) is 13.2 Å². The fourth-order valence-corrected chi connectivity index (χ4v) is 5.42. The highest BCUT2D eigenvalue weighted by atomic mass is 31.2. The standard InChI is InChI=1S/C41H71O8P/c1-3-5-7-9-11-13-15-17-19-20-22-23-25-27-29-31-33-35-40(42)47-37-39(38-48-50(44,45)46)49-41(43)36-34-32-30-28-26-24-21-18-16-14-12-10-8-6-4-2/h11,13,17,19,22-24,26-27,29,39H,3-10,12,14-16,18,20-21,25,28,30-38H2,1-2H3,(H2,44,45,46)/b13-11+,19-17+,23-22+,26-24+,29-27+/t39-/m1/s1. The van der Waals surface area contributed by atoms with Crippen molar-refractivity contribution in [1.29, 1.82) is 0 Å². The maximum atomic E-state index is 12.4. The average Bonchev–Trinajstić information content (AvgIpc) is 3.08. The van der Waals surface area contributed by atoms with Gasteiger partial charge in [0.15, 0.2) is 6.10 Å². The zero-order valence-electron chi connectivity index (χ0n) is 31.5. The first-order chi connectivity index (χ1) is 24.3. The first kappa shape index (κ1) is 47.8. The maximum Gasteiger partial charge on any atom is 0.469 e. The average molecular weight is 723 g/mol. The van der Waals surface area contributed by atoms with Gasteiger partial charge in [-0.15, -0.1) is 0 Å². The van der Waals surface area contributed by atoms with Crippen molar-refractivity contribution in [3.8, 4) is 0 Å². The quantitative estimate of drug-likeness (QED) is 0.0287. The number of rotatable bonds is 35. The smallest absolute Gasteiger partial charge is 0.462 e. The Morgan fingerprint density at radius 3 is 1.46 bits per heavy atom. The molecule has 0 fully saturated rings. The number of carbonyl (C=O) groups excluding carboxylic acids is 2. The summed E-state index contributed by atoms with van der Waals surface area (Å²) >= 11 is 0. The van der Waals surface area contributed by atoms with Gasteiger partial charge in [-0.1, -0.05) is 139 Å². The molecule has 0 aromatic carbocycles. The van der Waals surface area contributed by atoms with Crippen LogP contribution in [0.1, 0.15) is 168 Å². The summed E-state index contributed by atoms with van der Waals surface area (Å²) in [7, 11) is -4.77. The molecule has 9 heteroatoms. The number of hydrogen-bond donors (Lipinski definition) is 2. The summed E-state index contributed by atoms with van der Waals surface area (Å²) in [5, 5.41) is 0. The highest BCUT2D eigenvalue weighted by molar-refractivity contribution is 7.46. The van der Waals surface area contributed by atoms with E-state index in [-0.39, 0.29) is 19.4 Å². The zero-order chi connectivity index (χ0) is 36.8. The molecule has 0 aromatic heterocycles. The number of allylic oxidation sites excluding steroid dienone is 10. The zero-order valence-corrected chi connectivity index (χ0v) is 32.4. The minimum atomic E-state index is -4.77. The van der Waals surface area contributed by atoms with Crippen molar-refractivity contribution in [3.63, 3.8) is 0 Å². The molecule has 0 aromatic rings. The lowest BCUT2D eigenvalue weighted by atomic mass is 10.1. The van der Waals surface area contributed by atoms with Gasteiger partial charge in [-0.05, 0) is 77.0 Å². The van der Waals surface area contributed by atoms with Gasteiger partial charge in [-0.2, -0.15) is 0 Å². The van der Waals surface area contributed by atoms with Crippen LogP contribution in [0.4, 0.5) is 0 Å². The number of ether oxygens (including phenoxy) is 2. The normalized spacial score (nSPS) is 13.1. The molecule has 50 heavy (non-hydrogen) atoms. The van der Waals surface area contributed by atoms with Crippen molar-refractivity contribution >= 4 is 19.8 Å². The third-order valence-electron chi connectivity index (χ3n) is 8.01. The summed E-state index contributed by atoms with van der Waals surface area (Å²) in [6, 6.07) is 0. The molecule has 0 aliphatic carbocycles. The SMILES string of the molecule is CCCCC/C=C/C/C=C/C/C=C/C/C=C/CCCC(=O)OC[C@H](COP(=O)(O)O)OC(=O)CCCCC/C=C/CCCCCCCCCC. The van der Waals surface area contributed by atoms with E-state index in [1.165, 1.54) is 77.0 Å². The van der Waals surface area contributed by atoms with E-state index >= 15 is 0 Å². The molecule has 0 saturated heterocycles. The fraction of sp³-hybridized carbons (Fsp3) is 0.707. The lowest BCUT2D eigenvalue weighted by Gasteiger charge is -2.18. The van der Waals surface area contributed by atoms with Crippen LogP contribution in [0.5, 0.6) is 0 Å². The van der Waals surface area contributed by atoms with Crippen molar-refractivity contribution < 1.29 is 37.9 Å². The van der Waals surface area contributed by atoms with E-state index in [1.807, 2.05) is 6.08 Å². The van der Waals surface area contributed by atoms with E-state index in [2.05, 4.69) is 73.1 Å². The Morgan fingerprint density at radius 1 is 0.520 bits per heavy atom. The van der Waals surface area contributed by atoms with Crippen LogP contribution in [0.15, 0.2) is 60.8 Å². The molecule has 0 spiro atoms. The van der Waals surface area contributed by atoms with Gasteiger partial charge in [-0.3, -0.25) is 14.1 Å². The first-order valence-electron chi connectivity index (χ1n) is 19.6. The van der Waals surface area contributed by atoms with E-state index in [1.54, 1.807) is 0 Å². The molecule has 2 N–H and O–H groups in total. The van der Waals surface area contributed by atoms with E-state index in [9.17, 15) is 14.2 Å². The minimum absolute atomic E-state index is 0.178. The Labute approximate surface area is 305 Å². The highest BCUT2D eigenvalue weighted by Crippen LogP contribution is 2.36. The summed E-state index contributed by atoms with van der Waals surface area (Å²) < 4.78 is 26.3. The number of unbranched alkanes of at least 4 members (excludes halogenated alkanes) is 15. The van der Waals surface area contributed by atoms with Crippen LogP contribution in [0.3, 0.4) is 0 Å². The third-order valence-corrected chi connectivity index (χ3v) is 8.49. The minimum Gasteiger partial charge on any atom is -0.462 e. The topological polar surface area (TPSA) is 119 Å². The molecule has 0 aliphatic heterocycles. The van der Waals surface area contributed by atoms with Crippen LogP contribution in [-0.2, 0) is 28.2 Å². The Bertz CT molecular complexity index is 995. The van der Waals surface area contributed by atoms with Crippen LogP contribution >= 0.6 is 7.82 Å². The number of phosphoric acid groups is 1. The number of phosphoric ester groups is 1. The second-order valence-corrected chi connectivity index (χ2v) is 14.1. The van der Waals surface area contributed by atoms with Crippen LogP contribution in [0.2, 0.25) is 0 Å². The van der Waals surface area contributed by atoms with Gasteiger partial charge in [0.1, 0.15) is 6.61 Å². The predicted molar refractivity (Wildman–Crippen MR) is 207 cm³/mol. The van der Waals surface area contributed by atoms with Crippen LogP contribution in [0.25, 0.3) is 0 Å². The van der Waals surface area contributed by atoms with Gasteiger partial charge in [0.05, 0.1) is 6.61 Å². The molecular formula is C41H71O8P. The van der Waals surface area contributed by atoms with Gasteiger partial charge in [0.2, 0.25) is 0 Å². The molecule has 1 atom stereocenters. The number of carbonyl (C=O) groups is 2. The summed E-state index contributed by atoms with van der Waals surface area (Å²) in [6.07, 6.45) is 45.2. The van der Waals surface area contributed by atoms with E-state index in [0.717, 1.165) is 51.4 Å². The largest absolute Gasteiger partial charge is 0.469 e. The second-order valence-electron chi connectivity index (χ2n) is 12.9. The summed E-state index contributed by atoms with van der Waals surface area (Å²) in [5.41, 5.74) is 0. The molecule has 288 valence electrons. The molecular weight excluding hydrogens is 651 g/mol. The van der Waals surface area contributed by atoms with Gasteiger partial charge in [0, 0.05) is 12.8 Å². The summed E-state index contributed by atoms with van der Waals surface area (Å²) in [4.78, 5) is 42.7. The first-order valence-corrected chi connectivity index (χ1v) is 21.1. The van der Waals surface area contributed by atoms with Gasteiger partial charge < -0.3 is 19.3 Å². The highest BCUT2D eigenvalue weighted by Gasteiger charge is 2.22. The van der Waals surface area contributed by atoms with Crippen molar-refractivity contribution in [2.24, 2.45) is 0 Å². The van der Waals surface area contributed by atoms with Gasteiger partial charge in [-0.25, -0.2) is 4.57 Å². The van der Waals surface area contributed by atoms with E-state index in [0.29, 0.717) is 12.8 Å². The number of hydrogen-bond acceptors (Lipinski definition) is 6. The molecule has 0 saturated carbocycles. The fourth-order valence-electron chi connectivity index (χ4n) is 5.06. The maximum absolute atomic E-state index is 12.4. The number of esters is 2. The molecule has 0 amide bonds. The summed E-state index contributed by atoms with van der Waals surface area (Å²) in [5.74, 6) is -0.972. The van der Waals surface area contributed by atoms with Crippen LogP contribution < -0.4 is 0 Å². The molecule has 0 heterocycles. The van der Waals surface area contributed by atoms with Crippen molar-refractivity contribution in [1.82, 2.24) is 0 Å². The van der Waals surface area contributed by atoms with Gasteiger partial charge in [0.25, 0.3) is 0 Å². The molecule has 0 radical (unpaired) electrons. The summed E-state index contributed by atoms with van der Waals surface area (Å²) in [6.45, 7) is 3.58. The molecule has 0 bridgehead atoms. The second kappa shape index (κ2) is 36.5. The van der Waals surface area contributed by atoms with E-state index in [4.69, 9.17) is 19.3 Å². The molecule has 0 unspecified atom stereocenters. The monoisotopic (exact) mass is 722 g/mol. The predicted octanol–water partition coefficient (Wildman–Crippen LogP) is 11.7. The Hall–Kier alpha value is -2.25. The Kier molecular flexibility index (Phi) is 34.9. The van der Waals surface area contributed by atoms with Crippen molar-refractivity contribution in [2.45, 2.75) is 174 Å². The van der Waals surface area contributed by atoms with E-state index < -0.39 is 32.5 Å². The molecule has 0 rings (SSSR count). The van der Waals surface area contributed by atoms with Crippen LogP contribution in [-0.4, -0.2) is 41.0 Å². The molecule has 8 nitrogen and oxygen atoms in total. The molecule has 0 aliphatic rings. The van der Waals surface area contributed by atoms with Gasteiger partial charge >= 0.3 is 19.8 Å². The van der Waals surface area contributed by atoms with Crippen LogP contribution in [0, 0.1) is 0 Å². The lowest BCUT2D eigenvalue weighted by Crippen LogP contribution is -2.29. The van der Waals surface area contributed by atoms with Crippen molar-refractivity contribution in [3.05, 3.63) is 60.8 Å².